The molecule has 0 aromatic rings. The molecule has 2 unspecified atom stereocenters. The topological polar surface area (TPSA) is 24.1 Å². The molecule has 2 nitrogen and oxygen atoms in total. The van der Waals surface area contributed by atoms with Crippen LogP contribution < -0.4 is 10.6 Å². The van der Waals surface area contributed by atoms with E-state index in [-0.39, 0.29) is 0 Å². The third-order valence-corrected chi connectivity index (χ3v) is 3.90. The highest BCUT2D eigenvalue weighted by Crippen LogP contribution is 2.21. The molecule has 0 aromatic carbocycles. The van der Waals surface area contributed by atoms with E-state index in [0.29, 0.717) is 9.46 Å². The van der Waals surface area contributed by atoms with Gasteiger partial charge in [0.25, 0.3) is 0 Å². The highest BCUT2D eigenvalue weighted by molar-refractivity contribution is 14.1. The van der Waals surface area contributed by atoms with Gasteiger partial charge in [0.15, 0.2) is 0 Å². The molecule has 1 saturated heterocycles. The summed E-state index contributed by atoms with van der Waals surface area (Å²) in [6.45, 7) is 7.95. The number of hydrogen-bond donors (Lipinski definition) is 2. The lowest BCUT2D eigenvalue weighted by Gasteiger charge is -2.32. The molecule has 1 heterocycles. The Morgan fingerprint density at radius 1 is 1.36 bits per heavy atom. The summed E-state index contributed by atoms with van der Waals surface area (Å²) in [5.74, 6) is 0. The average Bonchev–Trinajstić information content (AvgIpc) is 2.15. The van der Waals surface area contributed by atoms with E-state index in [2.05, 4.69) is 47.1 Å². The van der Waals surface area contributed by atoms with E-state index in [1.54, 1.807) is 0 Å². The second-order valence-corrected chi connectivity index (χ2v) is 5.33. The maximum Gasteiger partial charge on any atom is 0.0280 e. The third kappa shape index (κ3) is 2.56. The lowest BCUT2D eigenvalue weighted by molar-refractivity contribution is 0.363. The first-order valence-electron chi connectivity index (χ1n) is 4.25. The van der Waals surface area contributed by atoms with Gasteiger partial charge in [-0.05, 0) is 19.9 Å². The minimum absolute atomic E-state index is 0.337. The summed E-state index contributed by atoms with van der Waals surface area (Å²) < 4.78 is 0.694. The second kappa shape index (κ2) is 4.05. The molecule has 1 aliphatic heterocycles. The van der Waals surface area contributed by atoms with E-state index in [0.717, 1.165) is 19.6 Å². The normalized spacial score (nSPS) is 36.3. The Balaban J connectivity index is 2.52. The zero-order valence-electron chi connectivity index (χ0n) is 7.28. The first kappa shape index (κ1) is 9.74. The van der Waals surface area contributed by atoms with Crippen LogP contribution in [0.2, 0.25) is 0 Å². The molecule has 0 saturated carbocycles. The molecule has 0 amide bonds. The van der Waals surface area contributed by atoms with Crippen molar-refractivity contribution in [1.29, 1.82) is 0 Å². The third-order valence-electron chi connectivity index (χ3n) is 2.53. The van der Waals surface area contributed by atoms with Crippen LogP contribution in [0.1, 0.15) is 20.3 Å². The minimum atomic E-state index is 0.337. The molecule has 1 fully saturated rings. The fourth-order valence-electron chi connectivity index (χ4n) is 1.34. The van der Waals surface area contributed by atoms with E-state index in [4.69, 9.17) is 0 Å². The molecule has 2 N–H and O–H groups in total. The van der Waals surface area contributed by atoms with Crippen molar-refractivity contribution in [3.8, 4) is 0 Å². The molecule has 0 aliphatic carbocycles. The van der Waals surface area contributed by atoms with Gasteiger partial charge in [-0.2, -0.15) is 0 Å². The molecule has 0 bridgehead atoms. The van der Waals surface area contributed by atoms with Crippen LogP contribution in [0.15, 0.2) is 0 Å². The van der Waals surface area contributed by atoms with Crippen LogP contribution in [0, 0.1) is 0 Å². The van der Waals surface area contributed by atoms with E-state index in [1.807, 2.05) is 0 Å². The van der Waals surface area contributed by atoms with Crippen LogP contribution in [0.4, 0.5) is 0 Å². The number of halogens is 1. The number of hydrogen-bond acceptors (Lipinski definition) is 2. The number of rotatable bonds is 1. The molecule has 1 rings (SSSR count). The maximum absolute atomic E-state index is 3.59. The van der Waals surface area contributed by atoms with Crippen molar-refractivity contribution in [2.24, 2.45) is 0 Å². The highest BCUT2D eigenvalue weighted by atomic mass is 127. The summed E-state index contributed by atoms with van der Waals surface area (Å²) in [6.07, 6.45) is 1.23. The quantitative estimate of drug-likeness (QED) is 0.550. The van der Waals surface area contributed by atoms with Crippen LogP contribution in [-0.2, 0) is 0 Å². The van der Waals surface area contributed by atoms with Gasteiger partial charge in [-0.15, -0.1) is 0 Å². The lowest BCUT2D eigenvalue weighted by Crippen LogP contribution is -2.48. The van der Waals surface area contributed by atoms with Crippen LogP contribution in [0.5, 0.6) is 0 Å². The van der Waals surface area contributed by atoms with Gasteiger partial charge >= 0.3 is 0 Å². The smallest absolute Gasteiger partial charge is 0.0280 e. The Hall–Kier alpha value is 0.650. The molecule has 1 aliphatic rings. The van der Waals surface area contributed by atoms with E-state index in [9.17, 15) is 0 Å². The number of nitrogens with one attached hydrogen (secondary N) is 2. The van der Waals surface area contributed by atoms with Gasteiger partial charge in [0, 0.05) is 22.6 Å². The summed E-state index contributed by atoms with van der Waals surface area (Å²) in [7, 11) is 0. The summed E-state index contributed by atoms with van der Waals surface area (Å²) >= 11 is 2.51. The Kier molecular flexibility index (Phi) is 3.58. The molecule has 3 heteroatoms. The first-order valence-corrected chi connectivity index (χ1v) is 5.49. The van der Waals surface area contributed by atoms with Crippen molar-refractivity contribution < 1.29 is 0 Å². The predicted molar refractivity (Wildman–Crippen MR) is 57.4 cm³/mol. The van der Waals surface area contributed by atoms with E-state index in [1.165, 1.54) is 6.42 Å². The Labute approximate surface area is 82.6 Å². The van der Waals surface area contributed by atoms with Crippen LogP contribution in [0.25, 0.3) is 0 Å². The summed E-state index contributed by atoms with van der Waals surface area (Å²) in [4.78, 5) is 0. The van der Waals surface area contributed by atoms with Gasteiger partial charge in [-0.1, -0.05) is 29.5 Å². The van der Waals surface area contributed by atoms with Crippen molar-refractivity contribution in [3.05, 3.63) is 0 Å². The lowest BCUT2D eigenvalue weighted by atomic mass is 9.95. The SMILES string of the molecule is CC(I)C1(C)CCNCCN1. The van der Waals surface area contributed by atoms with E-state index >= 15 is 0 Å². The molecular weight excluding hydrogens is 251 g/mol. The summed E-state index contributed by atoms with van der Waals surface area (Å²) in [6, 6.07) is 0. The summed E-state index contributed by atoms with van der Waals surface area (Å²) in [5, 5.41) is 6.98. The van der Waals surface area contributed by atoms with E-state index < -0.39 is 0 Å². The van der Waals surface area contributed by atoms with Crippen molar-refractivity contribution in [2.75, 3.05) is 19.6 Å². The fourth-order valence-corrected chi connectivity index (χ4v) is 1.87. The van der Waals surface area contributed by atoms with Gasteiger partial charge < -0.3 is 10.6 Å². The van der Waals surface area contributed by atoms with Crippen LogP contribution in [-0.4, -0.2) is 29.1 Å². The second-order valence-electron chi connectivity index (χ2n) is 3.46. The first-order chi connectivity index (χ1) is 5.15. The van der Waals surface area contributed by atoms with Crippen molar-refractivity contribution in [3.63, 3.8) is 0 Å². The average molecular weight is 268 g/mol. The molecule has 0 aromatic heterocycles. The van der Waals surface area contributed by atoms with Crippen molar-refractivity contribution in [1.82, 2.24) is 10.6 Å². The predicted octanol–water partition coefficient (Wildman–Crippen LogP) is 1.15. The Bertz CT molecular complexity index is 117. The monoisotopic (exact) mass is 268 g/mol. The Morgan fingerprint density at radius 2 is 2.09 bits per heavy atom. The standard InChI is InChI=1S/C8H17IN2/c1-7(9)8(2)3-4-10-5-6-11-8/h7,10-11H,3-6H2,1-2H3. The van der Waals surface area contributed by atoms with Gasteiger partial charge in [-0.3, -0.25) is 0 Å². The zero-order valence-corrected chi connectivity index (χ0v) is 9.44. The van der Waals surface area contributed by atoms with Gasteiger partial charge in [0.2, 0.25) is 0 Å². The van der Waals surface area contributed by atoms with Crippen molar-refractivity contribution >= 4 is 22.6 Å². The van der Waals surface area contributed by atoms with Crippen LogP contribution >= 0.6 is 22.6 Å². The molecule has 11 heavy (non-hydrogen) atoms. The van der Waals surface area contributed by atoms with Crippen molar-refractivity contribution in [2.45, 2.75) is 29.7 Å². The zero-order chi connectivity index (χ0) is 8.32. The maximum atomic E-state index is 3.59. The van der Waals surface area contributed by atoms with Crippen LogP contribution in [0.3, 0.4) is 0 Å². The molecule has 0 radical (unpaired) electrons. The van der Waals surface area contributed by atoms with Gasteiger partial charge in [0.05, 0.1) is 0 Å². The molecular formula is C8H17IN2. The molecule has 2 atom stereocenters. The molecule has 0 spiro atoms. The highest BCUT2D eigenvalue weighted by Gasteiger charge is 2.29. The number of alkyl halides is 1. The Morgan fingerprint density at radius 3 is 2.73 bits per heavy atom. The minimum Gasteiger partial charge on any atom is -0.315 e. The van der Waals surface area contributed by atoms with Gasteiger partial charge in [0.1, 0.15) is 0 Å². The molecule has 66 valence electrons. The largest absolute Gasteiger partial charge is 0.315 e. The van der Waals surface area contributed by atoms with Gasteiger partial charge in [-0.25, -0.2) is 0 Å². The fraction of sp³-hybridized carbons (Fsp3) is 1.00. The summed E-state index contributed by atoms with van der Waals surface area (Å²) in [5.41, 5.74) is 0.337.